The third kappa shape index (κ3) is 5.98. The van der Waals surface area contributed by atoms with Gasteiger partial charge in [0.2, 0.25) is 0 Å². The van der Waals surface area contributed by atoms with Gasteiger partial charge in [-0.3, -0.25) is 0 Å². The second kappa shape index (κ2) is 10.9. The van der Waals surface area contributed by atoms with Crippen LogP contribution in [0.5, 0.6) is 0 Å². The maximum absolute atomic E-state index is 12.7. The Morgan fingerprint density at radius 2 is 2.00 bits per heavy atom. The third-order valence-corrected chi connectivity index (χ3v) is 6.31. The minimum atomic E-state index is -1.55. The lowest BCUT2D eigenvalue weighted by molar-refractivity contribution is -0.151. The average molecular weight is 488 g/mol. The van der Waals surface area contributed by atoms with Crippen LogP contribution in [0.3, 0.4) is 0 Å². The number of morpholine rings is 1. The Bertz CT molecular complexity index is 1020. The first-order valence-electron chi connectivity index (χ1n) is 11.7. The molecule has 2 aromatic rings. The lowest BCUT2D eigenvalue weighted by Crippen LogP contribution is -2.55. The summed E-state index contributed by atoms with van der Waals surface area (Å²) in [6, 6.07) is 13.4. The summed E-state index contributed by atoms with van der Waals surface area (Å²) in [6.45, 7) is 8.24. The normalized spacial score (nSPS) is 18.3. The highest BCUT2D eigenvalue weighted by molar-refractivity contribution is 6.33. The Kier molecular flexibility index (Phi) is 8.39. The lowest BCUT2D eigenvalue weighted by atomic mass is 9.79. The van der Waals surface area contributed by atoms with Crippen LogP contribution in [0.4, 0.5) is 4.79 Å². The van der Waals surface area contributed by atoms with Crippen LogP contribution in [0.15, 0.2) is 42.5 Å². The number of rotatable bonds is 7. The number of carbonyl (C=O) groups is 2. The van der Waals surface area contributed by atoms with Gasteiger partial charge in [-0.05, 0) is 56.4 Å². The van der Waals surface area contributed by atoms with Gasteiger partial charge in [0.1, 0.15) is 23.6 Å². The van der Waals surface area contributed by atoms with Crippen molar-refractivity contribution in [3.05, 3.63) is 58.6 Å². The quantitative estimate of drug-likeness (QED) is 0.531. The summed E-state index contributed by atoms with van der Waals surface area (Å²) in [4.78, 5) is 25.6. The predicted octanol–water partition coefficient (Wildman–Crippen LogP) is 5.37. The number of benzene rings is 2. The largest absolute Gasteiger partial charge is 0.444 e. The lowest BCUT2D eigenvalue weighted by Gasteiger charge is -2.43. The first-order valence-corrected chi connectivity index (χ1v) is 12.1. The van der Waals surface area contributed by atoms with E-state index in [1.54, 1.807) is 17.0 Å². The van der Waals surface area contributed by atoms with Gasteiger partial charge in [-0.2, -0.15) is 0 Å². The number of carbonyl (C=O) groups excluding carboxylic acids is 2. The number of aryl methyl sites for hydroxylation is 1. The van der Waals surface area contributed by atoms with Crippen molar-refractivity contribution in [1.29, 1.82) is 0 Å². The zero-order valence-electron chi connectivity index (χ0n) is 20.3. The molecule has 2 atom stereocenters. The van der Waals surface area contributed by atoms with E-state index in [0.29, 0.717) is 22.7 Å². The molecule has 184 valence electrons. The van der Waals surface area contributed by atoms with Crippen LogP contribution in [0, 0.1) is 0 Å². The summed E-state index contributed by atoms with van der Waals surface area (Å²) >= 11 is 6.68. The van der Waals surface area contributed by atoms with E-state index >= 15 is 0 Å². The Hall–Kier alpha value is -2.41. The van der Waals surface area contributed by atoms with Gasteiger partial charge in [0.15, 0.2) is 0 Å². The molecule has 1 aliphatic rings. The number of hydrogen-bond donors (Lipinski definition) is 1. The second-order valence-corrected chi connectivity index (χ2v) is 10.0. The molecule has 34 heavy (non-hydrogen) atoms. The van der Waals surface area contributed by atoms with Crippen LogP contribution >= 0.6 is 11.6 Å². The van der Waals surface area contributed by atoms with Gasteiger partial charge in [0.05, 0.1) is 13.2 Å². The number of hydrogen-bond acceptors (Lipinski definition) is 5. The molecule has 0 bridgehead atoms. The van der Waals surface area contributed by atoms with Crippen LogP contribution in [0.25, 0.3) is 11.1 Å². The standard InChI is InChI=1S/C27H34ClNO5/c1-5-19-9-6-10-20(17-19)24-21(11-7-12-22(24)28)27(32,13-8-15-30)23-18-29(14-16-33-23)25(31)34-26(2,3)4/h6-7,9-12,15,17,23,32H,5,8,13-14,16,18H2,1-4H3/t23?,27-/m1/s1. The maximum atomic E-state index is 12.7. The molecule has 2 aromatic carbocycles. The molecule has 0 aromatic heterocycles. The fraction of sp³-hybridized carbons (Fsp3) is 0.481. The number of nitrogens with zero attached hydrogens (tertiary/aromatic N) is 1. The molecule has 0 spiro atoms. The van der Waals surface area contributed by atoms with Crippen molar-refractivity contribution in [3.63, 3.8) is 0 Å². The molecule has 0 radical (unpaired) electrons. The SMILES string of the molecule is CCc1cccc(-c2c(Cl)cccc2[C@](O)(CCC=O)C2CN(C(=O)OC(C)(C)C)CCO2)c1. The molecule has 1 heterocycles. The molecule has 1 aliphatic heterocycles. The van der Waals surface area contributed by atoms with E-state index in [2.05, 4.69) is 13.0 Å². The van der Waals surface area contributed by atoms with Gasteiger partial charge in [0, 0.05) is 23.6 Å². The van der Waals surface area contributed by atoms with Crippen molar-refractivity contribution in [2.24, 2.45) is 0 Å². The van der Waals surface area contributed by atoms with Gasteiger partial charge in [-0.1, -0.05) is 54.9 Å². The fourth-order valence-corrected chi connectivity index (χ4v) is 4.59. The van der Waals surface area contributed by atoms with Crippen molar-refractivity contribution < 1.29 is 24.2 Å². The number of aliphatic hydroxyl groups is 1. The Balaban J connectivity index is 2.05. The van der Waals surface area contributed by atoms with E-state index in [1.807, 2.05) is 45.0 Å². The van der Waals surface area contributed by atoms with Gasteiger partial charge in [-0.25, -0.2) is 4.79 Å². The van der Waals surface area contributed by atoms with E-state index in [-0.39, 0.29) is 26.0 Å². The van der Waals surface area contributed by atoms with Gasteiger partial charge in [-0.15, -0.1) is 0 Å². The highest BCUT2D eigenvalue weighted by Gasteiger charge is 2.44. The number of ether oxygens (including phenoxy) is 2. The first-order chi connectivity index (χ1) is 16.1. The highest BCUT2D eigenvalue weighted by atomic mass is 35.5. The molecular formula is C27H34ClNO5. The maximum Gasteiger partial charge on any atom is 0.410 e. The molecule has 1 fully saturated rings. The summed E-state index contributed by atoms with van der Waals surface area (Å²) < 4.78 is 11.6. The Labute approximate surface area is 206 Å². The van der Waals surface area contributed by atoms with Gasteiger partial charge < -0.3 is 24.3 Å². The Morgan fingerprint density at radius 1 is 1.26 bits per heavy atom. The summed E-state index contributed by atoms with van der Waals surface area (Å²) in [5, 5.41) is 12.6. The summed E-state index contributed by atoms with van der Waals surface area (Å²) in [6.07, 6.45) is 0.676. The van der Waals surface area contributed by atoms with Crippen molar-refractivity contribution in [3.8, 4) is 11.1 Å². The van der Waals surface area contributed by atoms with E-state index in [4.69, 9.17) is 21.1 Å². The van der Waals surface area contributed by atoms with Crippen molar-refractivity contribution >= 4 is 24.0 Å². The number of amides is 1. The third-order valence-electron chi connectivity index (χ3n) is 6.00. The molecule has 6 nitrogen and oxygen atoms in total. The zero-order chi connectivity index (χ0) is 24.9. The molecule has 1 unspecified atom stereocenters. The Morgan fingerprint density at radius 3 is 2.68 bits per heavy atom. The first kappa shape index (κ1) is 26.2. The van der Waals surface area contributed by atoms with Gasteiger partial charge >= 0.3 is 6.09 Å². The zero-order valence-corrected chi connectivity index (χ0v) is 21.1. The molecule has 0 saturated carbocycles. The van der Waals surface area contributed by atoms with E-state index in [1.165, 1.54) is 0 Å². The van der Waals surface area contributed by atoms with Crippen LogP contribution in [-0.2, 0) is 26.3 Å². The minimum absolute atomic E-state index is 0.129. The fourth-order valence-electron chi connectivity index (χ4n) is 4.30. The molecule has 0 aliphatic carbocycles. The molecule has 1 saturated heterocycles. The van der Waals surface area contributed by atoms with E-state index in [9.17, 15) is 14.7 Å². The molecule has 1 N–H and O–H groups in total. The number of halogens is 1. The van der Waals surface area contributed by atoms with Crippen LogP contribution in [0.1, 0.15) is 51.7 Å². The minimum Gasteiger partial charge on any atom is -0.444 e. The van der Waals surface area contributed by atoms with Crippen LogP contribution in [-0.4, -0.2) is 53.8 Å². The average Bonchev–Trinajstić information content (AvgIpc) is 2.81. The van der Waals surface area contributed by atoms with Crippen molar-refractivity contribution in [1.82, 2.24) is 4.90 Å². The van der Waals surface area contributed by atoms with Crippen molar-refractivity contribution in [2.75, 3.05) is 19.7 Å². The van der Waals surface area contributed by atoms with Crippen LogP contribution in [0.2, 0.25) is 5.02 Å². The topological polar surface area (TPSA) is 76.1 Å². The molecule has 1 amide bonds. The van der Waals surface area contributed by atoms with E-state index < -0.39 is 23.4 Å². The smallest absolute Gasteiger partial charge is 0.410 e. The van der Waals surface area contributed by atoms with Crippen LogP contribution < -0.4 is 0 Å². The molecule has 3 rings (SSSR count). The molecule has 7 heteroatoms. The predicted molar refractivity (Wildman–Crippen MR) is 133 cm³/mol. The molecular weight excluding hydrogens is 454 g/mol. The second-order valence-electron chi connectivity index (χ2n) is 9.63. The highest BCUT2D eigenvalue weighted by Crippen LogP contribution is 2.42. The van der Waals surface area contributed by atoms with Gasteiger partial charge in [0.25, 0.3) is 0 Å². The summed E-state index contributed by atoms with van der Waals surface area (Å²) in [7, 11) is 0. The number of aldehydes is 1. The summed E-state index contributed by atoms with van der Waals surface area (Å²) in [5.74, 6) is 0. The van der Waals surface area contributed by atoms with Crippen molar-refractivity contribution in [2.45, 2.75) is 64.3 Å². The summed E-state index contributed by atoms with van der Waals surface area (Å²) in [5.41, 5.74) is 1.11. The van der Waals surface area contributed by atoms with E-state index in [0.717, 1.165) is 23.8 Å². The monoisotopic (exact) mass is 487 g/mol.